The van der Waals surface area contributed by atoms with Crippen LogP contribution in [0.2, 0.25) is 16.6 Å². The summed E-state index contributed by atoms with van der Waals surface area (Å²) in [6, 6.07) is 4.64. The van der Waals surface area contributed by atoms with Crippen LogP contribution in [0.25, 0.3) is 0 Å². The second-order valence-corrected chi connectivity index (χ2v) is 15.5. The molecule has 1 aromatic carbocycles. The second-order valence-electron chi connectivity index (χ2n) is 9.76. The fourth-order valence-electron chi connectivity index (χ4n) is 6.16. The lowest BCUT2D eigenvalue weighted by Gasteiger charge is -2.51. The predicted molar refractivity (Wildman–Crippen MR) is 111 cm³/mol. The Hall–Kier alpha value is -1.09. The average Bonchev–Trinajstić information content (AvgIpc) is 2.97. The maximum absolute atomic E-state index is 12.6. The second kappa shape index (κ2) is 5.97. The summed E-state index contributed by atoms with van der Waals surface area (Å²) in [6.07, 6.45) is 1.79. The van der Waals surface area contributed by atoms with E-state index in [-0.39, 0.29) is 5.41 Å². The molecule has 0 unspecified atom stereocenters. The molecule has 1 heterocycles. The van der Waals surface area contributed by atoms with Gasteiger partial charge in [0.2, 0.25) is 0 Å². The maximum atomic E-state index is 12.6. The van der Waals surface area contributed by atoms with Gasteiger partial charge in [0.05, 0.1) is 0 Å². The Morgan fingerprint density at radius 1 is 1.00 bits per heavy atom. The first kappa shape index (κ1) is 18.7. The zero-order valence-electron chi connectivity index (χ0n) is 17.4. The summed E-state index contributed by atoms with van der Waals surface area (Å²) in [5, 5.41) is 0. The van der Waals surface area contributed by atoms with Gasteiger partial charge in [-0.15, -0.1) is 0 Å². The lowest BCUT2D eigenvalue weighted by molar-refractivity contribution is 0.0979. The number of fused-ring (bicyclic) bond motifs is 2. The number of anilines is 1. The summed E-state index contributed by atoms with van der Waals surface area (Å²) in [4.78, 5) is 12.6. The number of ketones is 1. The number of carbonyl (C=O) groups is 1. The molecule has 25 heavy (non-hydrogen) atoms. The molecule has 3 rings (SSSR count). The Kier molecular flexibility index (Phi) is 4.46. The molecule has 0 bridgehead atoms. The monoisotopic (exact) mass is 357 g/mol. The fraction of sp³-hybridized carbons (Fsp3) is 0.682. The first-order valence-corrected chi connectivity index (χ1v) is 12.2. The molecule has 0 spiro atoms. The van der Waals surface area contributed by atoms with E-state index in [0.717, 1.165) is 18.5 Å². The molecule has 3 heteroatoms. The minimum absolute atomic E-state index is 0.00245. The molecular formula is C22H35NOSi. The van der Waals surface area contributed by atoms with E-state index in [1.807, 2.05) is 0 Å². The SMILES string of the molecule is CC(C)[Si](C(C)C)(C(C)C)N1CCc2cc3c(cc21)C(=O)CC3(C)C. The van der Waals surface area contributed by atoms with Crippen molar-refractivity contribution in [1.82, 2.24) is 0 Å². The summed E-state index contributed by atoms with van der Waals surface area (Å²) >= 11 is 0. The van der Waals surface area contributed by atoms with Gasteiger partial charge in [0, 0.05) is 24.2 Å². The third-order valence-corrected chi connectivity index (χ3v) is 13.9. The maximum Gasteiger partial charge on any atom is 0.164 e. The lowest BCUT2D eigenvalue weighted by Crippen LogP contribution is -2.60. The highest BCUT2D eigenvalue weighted by Gasteiger charge is 2.50. The van der Waals surface area contributed by atoms with Gasteiger partial charge >= 0.3 is 0 Å². The molecule has 2 aliphatic rings. The molecule has 0 fully saturated rings. The summed E-state index contributed by atoms with van der Waals surface area (Å²) in [6.45, 7) is 20.1. The van der Waals surface area contributed by atoms with Crippen LogP contribution in [0.5, 0.6) is 0 Å². The van der Waals surface area contributed by atoms with Gasteiger partial charge in [-0.05, 0) is 45.7 Å². The lowest BCUT2D eigenvalue weighted by atomic mass is 9.85. The van der Waals surface area contributed by atoms with Crippen LogP contribution in [0.4, 0.5) is 5.69 Å². The molecular weight excluding hydrogens is 322 g/mol. The van der Waals surface area contributed by atoms with Gasteiger partial charge in [0.25, 0.3) is 0 Å². The predicted octanol–water partition coefficient (Wildman–Crippen LogP) is 6.09. The number of rotatable bonds is 4. The highest BCUT2D eigenvalue weighted by molar-refractivity contribution is 6.86. The van der Waals surface area contributed by atoms with Crippen molar-refractivity contribution < 1.29 is 4.79 Å². The Morgan fingerprint density at radius 2 is 1.56 bits per heavy atom. The van der Waals surface area contributed by atoms with Crippen molar-refractivity contribution in [1.29, 1.82) is 0 Å². The zero-order chi connectivity index (χ0) is 18.7. The van der Waals surface area contributed by atoms with Crippen molar-refractivity contribution in [3.8, 4) is 0 Å². The van der Waals surface area contributed by atoms with Crippen molar-refractivity contribution in [2.75, 3.05) is 11.1 Å². The fourth-order valence-corrected chi connectivity index (χ4v) is 13.2. The summed E-state index contributed by atoms with van der Waals surface area (Å²) in [7, 11) is -1.71. The molecule has 0 saturated carbocycles. The van der Waals surface area contributed by atoms with Crippen molar-refractivity contribution in [3.63, 3.8) is 0 Å². The first-order chi connectivity index (χ1) is 11.5. The van der Waals surface area contributed by atoms with Crippen molar-refractivity contribution in [2.45, 2.75) is 90.3 Å². The molecule has 0 amide bonds. The van der Waals surface area contributed by atoms with E-state index >= 15 is 0 Å². The number of hydrogen-bond donors (Lipinski definition) is 0. The third kappa shape index (κ3) is 2.53. The number of benzene rings is 1. The topological polar surface area (TPSA) is 20.3 Å². The van der Waals surface area contributed by atoms with E-state index in [1.165, 1.54) is 16.8 Å². The van der Waals surface area contributed by atoms with Crippen LogP contribution in [0.1, 0.15) is 83.3 Å². The highest BCUT2D eigenvalue weighted by Crippen LogP contribution is 2.50. The van der Waals surface area contributed by atoms with Crippen LogP contribution >= 0.6 is 0 Å². The molecule has 1 aromatic rings. The van der Waals surface area contributed by atoms with Gasteiger partial charge in [-0.25, -0.2) is 0 Å². The number of hydrogen-bond acceptors (Lipinski definition) is 2. The zero-order valence-corrected chi connectivity index (χ0v) is 18.4. The molecule has 0 radical (unpaired) electrons. The Balaban J connectivity index is 2.17. The molecule has 138 valence electrons. The van der Waals surface area contributed by atoms with Gasteiger partial charge in [-0.1, -0.05) is 61.5 Å². The summed E-state index contributed by atoms with van der Waals surface area (Å²) in [5.41, 5.74) is 7.21. The molecule has 2 nitrogen and oxygen atoms in total. The quantitative estimate of drug-likeness (QED) is 0.608. The van der Waals surface area contributed by atoms with E-state index in [2.05, 4.69) is 72.1 Å². The van der Waals surface area contributed by atoms with Crippen LogP contribution in [0, 0.1) is 0 Å². The van der Waals surface area contributed by atoms with Crippen LogP contribution in [-0.4, -0.2) is 20.6 Å². The van der Waals surface area contributed by atoms with Gasteiger partial charge in [-0.2, -0.15) is 0 Å². The molecule has 0 N–H and O–H groups in total. The van der Waals surface area contributed by atoms with Crippen LogP contribution in [0.3, 0.4) is 0 Å². The van der Waals surface area contributed by atoms with E-state index in [1.54, 1.807) is 0 Å². The van der Waals surface area contributed by atoms with Gasteiger partial charge in [0.15, 0.2) is 14.0 Å². The van der Waals surface area contributed by atoms with Crippen LogP contribution in [0.15, 0.2) is 12.1 Å². The Bertz CT molecular complexity index is 680. The molecule has 0 saturated heterocycles. The molecule has 0 aromatic heterocycles. The minimum Gasteiger partial charge on any atom is -0.396 e. The van der Waals surface area contributed by atoms with E-state index in [0.29, 0.717) is 28.8 Å². The molecule has 1 aliphatic carbocycles. The normalized spacial score (nSPS) is 19.3. The van der Waals surface area contributed by atoms with Crippen molar-refractivity contribution in [2.24, 2.45) is 0 Å². The van der Waals surface area contributed by atoms with E-state index < -0.39 is 8.24 Å². The van der Waals surface area contributed by atoms with E-state index in [9.17, 15) is 4.79 Å². The van der Waals surface area contributed by atoms with Crippen molar-refractivity contribution >= 4 is 19.7 Å². The van der Waals surface area contributed by atoms with Gasteiger partial charge in [-0.3, -0.25) is 4.79 Å². The van der Waals surface area contributed by atoms with Gasteiger partial charge < -0.3 is 4.57 Å². The smallest absolute Gasteiger partial charge is 0.164 e. The minimum atomic E-state index is -1.71. The Morgan fingerprint density at radius 3 is 2.08 bits per heavy atom. The number of Topliss-reactive ketones (excluding diaryl/α,β-unsaturated/α-hetero) is 1. The largest absolute Gasteiger partial charge is 0.396 e. The molecule has 1 aliphatic heterocycles. The summed E-state index contributed by atoms with van der Waals surface area (Å²) < 4.78 is 2.79. The first-order valence-electron chi connectivity index (χ1n) is 10.0. The third-order valence-electron chi connectivity index (χ3n) is 6.99. The van der Waals surface area contributed by atoms with E-state index in [4.69, 9.17) is 0 Å². The number of nitrogens with zero attached hydrogens (tertiary/aromatic N) is 1. The Labute approximate surface area is 155 Å². The highest BCUT2D eigenvalue weighted by atomic mass is 28.3. The summed E-state index contributed by atoms with van der Waals surface area (Å²) in [5.74, 6) is 0.334. The molecule has 0 atom stereocenters. The van der Waals surface area contributed by atoms with Crippen molar-refractivity contribution in [3.05, 3.63) is 28.8 Å². The van der Waals surface area contributed by atoms with Crippen LogP contribution in [-0.2, 0) is 11.8 Å². The standard InChI is InChI=1S/C22H35NOSi/c1-14(2)25(15(3)4,16(5)6)23-10-9-17-11-19-18(12-20(17)23)21(24)13-22(19,7)8/h11-12,14-16H,9-10,13H2,1-8H3. The number of carbonyl (C=O) groups excluding carboxylic acids is 1. The van der Waals surface area contributed by atoms with Crippen LogP contribution < -0.4 is 4.57 Å². The average molecular weight is 358 g/mol. The van der Waals surface area contributed by atoms with Gasteiger partial charge in [0.1, 0.15) is 0 Å².